The first-order valence-electron chi connectivity index (χ1n) is 10.0. The molecule has 1 amide bonds. The number of benzene rings is 3. The highest BCUT2D eigenvalue weighted by Gasteiger charge is 2.27. The molecule has 1 aromatic heterocycles. The van der Waals surface area contributed by atoms with Gasteiger partial charge in [0, 0.05) is 21.1 Å². The molecule has 168 valence electrons. The van der Waals surface area contributed by atoms with E-state index in [0.717, 1.165) is 16.6 Å². The van der Waals surface area contributed by atoms with E-state index in [-0.39, 0.29) is 10.7 Å². The summed E-state index contributed by atoms with van der Waals surface area (Å²) in [4.78, 5) is 26.0. The summed E-state index contributed by atoms with van der Waals surface area (Å²) in [6.07, 6.45) is 0. The second kappa shape index (κ2) is 9.48. The summed E-state index contributed by atoms with van der Waals surface area (Å²) in [5.41, 5.74) is 3.05. The Bertz CT molecular complexity index is 1380. The maximum atomic E-state index is 13.2. The van der Waals surface area contributed by atoms with Gasteiger partial charge in [-0.1, -0.05) is 52.5 Å². The third kappa shape index (κ3) is 4.71. The third-order valence-electron chi connectivity index (χ3n) is 5.28. The molecule has 33 heavy (non-hydrogen) atoms. The Morgan fingerprint density at radius 1 is 0.970 bits per heavy atom. The van der Waals surface area contributed by atoms with E-state index in [1.165, 1.54) is 0 Å². The zero-order chi connectivity index (χ0) is 23.7. The van der Waals surface area contributed by atoms with Crippen LogP contribution in [-0.2, 0) is 11.3 Å². The van der Waals surface area contributed by atoms with Crippen LogP contribution in [0.2, 0.25) is 15.2 Å². The number of aryl methyl sites for hydroxylation is 1. The molecular formula is C25H19Cl3N2O3. The number of Topliss-reactive ketones (excluding diaryl/α,β-unsaturated/α-hetero) is 1. The number of nitrogens with zero attached hydrogens (tertiary/aromatic N) is 1. The number of hydrogen-bond donors (Lipinski definition) is 1. The largest absolute Gasteiger partial charge is 0.497 e. The SMILES string of the molecule is COc1ccc(NC(=O)C(=O)c2c(Cl)n(Cc3ccc(Cl)cc3Cl)c3ccc(C)cc23)cc1. The van der Waals surface area contributed by atoms with Gasteiger partial charge >= 0.3 is 0 Å². The summed E-state index contributed by atoms with van der Waals surface area (Å²) in [5, 5.41) is 4.39. The molecular weight excluding hydrogens is 483 g/mol. The van der Waals surface area contributed by atoms with Crippen molar-refractivity contribution >= 4 is 63.1 Å². The number of hydrogen-bond acceptors (Lipinski definition) is 3. The number of fused-ring (bicyclic) bond motifs is 1. The van der Waals surface area contributed by atoms with Crippen LogP contribution in [0, 0.1) is 6.92 Å². The lowest BCUT2D eigenvalue weighted by Crippen LogP contribution is -2.23. The molecule has 0 aliphatic rings. The number of rotatable bonds is 6. The Hall–Kier alpha value is -2.99. The summed E-state index contributed by atoms with van der Waals surface area (Å²) >= 11 is 19.1. The lowest BCUT2D eigenvalue weighted by Gasteiger charge is -2.10. The molecule has 0 aliphatic heterocycles. The molecule has 0 unspecified atom stereocenters. The summed E-state index contributed by atoms with van der Waals surface area (Å²) in [5.74, 6) is -0.874. The van der Waals surface area contributed by atoms with E-state index in [1.54, 1.807) is 54.1 Å². The van der Waals surface area contributed by atoms with Gasteiger partial charge in [0.15, 0.2) is 0 Å². The number of aromatic nitrogens is 1. The summed E-state index contributed by atoms with van der Waals surface area (Å²) in [7, 11) is 1.55. The van der Waals surface area contributed by atoms with Gasteiger partial charge in [-0.2, -0.15) is 0 Å². The first kappa shape index (κ1) is 23.2. The van der Waals surface area contributed by atoms with Crippen LogP contribution in [0.15, 0.2) is 60.7 Å². The average Bonchev–Trinajstić information content (AvgIpc) is 3.05. The number of methoxy groups -OCH3 is 1. The van der Waals surface area contributed by atoms with Crippen LogP contribution in [0.3, 0.4) is 0 Å². The van der Waals surface area contributed by atoms with Crippen molar-refractivity contribution < 1.29 is 14.3 Å². The van der Waals surface area contributed by atoms with E-state index in [0.29, 0.717) is 33.4 Å². The van der Waals surface area contributed by atoms with Crippen LogP contribution < -0.4 is 10.1 Å². The summed E-state index contributed by atoms with van der Waals surface area (Å²) in [6.45, 7) is 2.22. The van der Waals surface area contributed by atoms with Crippen molar-refractivity contribution in [3.8, 4) is 5.75 Å². The molecule has 0 aliphatic carbocycles. The van der Waals surface area contributed by atoms with Crippen molar-refractivity contribution in [1.82, 2.24) is 4.57 Å². The zero-order valence-corrected chi connectivity index (χ0v) is 20.1. The molecule has 0 saturated carbocycles. The summed E-state index contributed by atoms with van der Waals surface area (Å²) < 4.78 is 6.88. The van der Waals surface area contributed by atoms with Gasteiger partial charge in [-0.15, -0.1) is 0 Å². The standard InChI is InChI=1S/C25H19Cl3N2O3/c1-14-3-10-21-19(11-14)22(23(31)25(32)29-17-6-8-18(33-2)9-7-17)24(28)30(21)13-15-4-5-16(26)12-20(15)27/h3-12H,13H2,1-2H3,(H,29,32). The van der Waals surface area contributed by atoms with Crippen molar-refractivity contribution in [2.75, 3.05) is 12.4 Å². The lowest BCUT2D eigenvalue weighted by molar-refractivity contribution is -0.112. The lowest BCUT2D eigenvalue weighted by atomic mass is 10.1. The van der Waals surface area contributed by atoms with Crippen LogP contribution in [0.4, 0.5) is 5.69 Å². The van der Waals surface area contributed by atoms with Crippen LogP contribution in [0.5, 0.6) is 5.75 Å². The fraction of sp³-hybridized carbons (Fsp3) is 0.120. The predicted molar refractivity (Wildman–Crippen MR) is 133 cm³/mol. The molecule has 1 heterocycles. The first-order chi connectivity index (χ1) is 15.8. The Balaban J connectivity index is 1.73. The van der Waals surface area contributed by atoms with Gasteiger partial charge in [0.25, 0.3) is 11.7 Å². The quantitative estimate of drug-likeness (QED) is 0.234. The van der Waals surface area contributed by atoms with Crippen LogP contribution >= 0.6 is 34.8 Å². The van der Waals surface area contributed by atoms with Crippen molar-refractivity contribution in [3.05, 3.63) is 92.6 Å². The Morgan fingerprint density at radius 3 is 2.36 bits per heavy atom. The zero-order valence-electron chi connectivity index (χ0n) is 17.8. The van der Waals surface area contributed by atoms with Gasteiger partial charge < -0.3 is 14.6 Å². The smallest absolute Gasteiger partial charge is 0.296 e. The number of halogens is 3. The molecule has 0 atom stereocenters. The average molecular weight is 502 g/mol. The Kier molecular flexibility index (Phi) is 6.66. The van der Waals surface area contributed by atoms with Crippen LogP contribution in [0.1, 0.15) is 21.5 Å². The highest BCUT2D eigenvalue weighted by molar-refractivity contribution is 6.51. The van der Waals surface area contributed by atoms with Gasteiger partial charge in [0.2, 0.25) is 0 Å². The number of nitrogens with one attached hydrogen (secondary N) is 1. The van der Waals surface area contributed by atoms with Gasteiger partial charge in [0.1, 0.15) is 10.9 Å². The number of amides is 1. The van der Waals surface area contributed by atoms with Crippen LogP contribution in [0.25, 0.3) is 10.9 Å². The van der Waals surface area contributed by atoms with E-state index >= 15 is 0 Å². The highest BCUT2D eigenvalue weighted by Crippen LogP contribution is 2.33. The van der Waals surface area contributed by atoms with Crippen molar-refractivity contribution in [3.63, 3.8) is 0 Å². The van der Waals surface area contributed by atoms with E-state index in [9.17, 15) is 9.59 Å². The highest BCUT2D eigenvalue weighted by atomic mass is 35.5. The number of ether oxygens (including phenoxy) is 1. The normalized spacial score (nSPS) is 10.9. The predicted octanol–water partition coefficient (Wildman–Crippen LogP) is 6.79. The molecule has 0 saturated heterocycles. The minimum absolute atomic E-state index is 0.145. The molecule has 0 fully saturated rings. The molecule has 1 N–H and O–H groups in total. The molecule has 8 heteroatoms. The van der Waals surface area contributed by atoms with Gasteiger partial charge in [-0.3, -0.25) is 9.59 Å². The van der Waals surface area contributed by atoms with Crippen molar-refractivity contribution in [2.24, 2.45) is 0 Å². The summed E-state index contributed by atoms with van der Waals surface area (Å²) in [6, 6.07) is 17.5. The number of carbonyl (C=O) groups excluding carboxylic acids is 2. The molecule has 4 aromatic rings. The minimum atomic E-state index is -0.785. The van der Waals surface area contributed by atoms with E-state index in [2.05, 4.69) is 5.32 Å². The Morgan fingerprint density at radius 2 is 1.70 bits per heavy atom. The van der Waals surface area contributed by atoms with Crippen LogP contribution in [-0.4, -0.2) is 23.4 Å². The Labute approximate surface area is 205 Å². The van der Waals surface area contributed by atoms with E-state index in [4.69, 9.17) is 39.5 Å². The van der Waals surface area contributed by atoms with Gasteiger partial charge in [-0.05, 0) is 61.0 Å². The number of anilines is 1. The fourth-order valence-electron chi connectivity index (χ4n) is 3.60. The second-order valence-corrected chi connectivity index (χ2v) is 8.72. The fourth-order valence-corrected chi connectivity index (χ4v) is 4.41. The topological polar surface area (TPSA) is 60.3 Å². The van der Waals surface area contributed by atoms with Gasteiger partial charge in [0.05, 0.1) is 24.7 Å². The molecule has 0 spiro atoms. The van der Waals surface area contributed by atoms with E-state index in [1.807, 2.05) is 25.1 Å². The van der Waals surface area contributed by atoms with Crippen molar-refractivity contribution in [2.45, 2.75) is 13.5 Å². The molecule has 4 rings (SSSR count). The molecule has 0 radical (unpaired) electrons. The maximum Gasteiger partial charge on any atom is 0.296 e. The maximum absolute atomic E-state index is 13.2. The molecule has 0 bridgehead atoms. The molecule has 3 aromatic carbocycles. The van der Waals surface area contributed by atoms with Crippen molar-refractivity contribution in [1.29, 1.82) is 0 Å². The third-order valence-corrected chi connectivity index (χ3v) is 6.26. The minimum Gasteiger partial charge on any atom is -0.497 e. The number of ketones is 1. The van der Waals surface area contributed by atoms with Gasteiger partial charge in [-0.25, -0.2) is 0 Å². The van der Waals surface area contributed by atoms with E-state index < -0.39 is 11.7 Å². The number of carbonyl (C=O) groups is 2. The first-order valence-corrected chi connectivity index (χ1v) is 11.1. The molecule has 5 nitrogen and oxygen atoms in total. The second-order valence-electron chi connectivity index (χ2n) is 7.52. The monoisotopic (exact) mass is 500 g/mol.